The van der Waals surface area contributed by atoms with Gasteiger partial charge < -0.3 is 5.32 Å². The summed E-state index contributed by atoms with van der Waals surface area (Å²) in [4.78, 5) is 35.8. The van der Waals surface area contributed by atoms with Crippen molar-refractivity contribution in [1.29, 1.82) is 0 Å². The number of halogens is 1. The van der Waals surface area contributed by atoms with E-state index >= 15 is 0 Å². The third-order valence-corrected chi connectivity index (χ3v) is 3.95. The molecule has 0 aliphatic heterocycles. The fourth-order valence-corrected chi connectivity index (χ4v) is 2.41. The zero-order chi connectivity index (χ0) is 19.1. The number of hydrazine groups is 1. The lowest BCUT2D eigenvalue weighted by Gasteiger charge is -2.09. The molecular formula is C19H20BrN3O3. The van der Waals surface area contributed by atoms with Gasteiger partial charge in [0.05, 0.1) is 0 Å². The van der Waals surface area contributed by atoms with Crippen LogP contribution in [0.15, 0.2) is 53.0 Å². The van der Waals surface area contributed by atoms with Gasteiger partial charge in [-0.15, -0.1) is 0 Å². The Balaban J connectivity index is 1.88. The van der Waals surface area contributed by atoms with E-state index in [1.54, 1.807) is 48.5 Å². The van der Waals surface area contributed by atoms with Gasteiger partial charge >= 0.3 is 0 Å². The monoisotopic (exact) mass is 417 g/mol. The van der Waals surface area contributed by atoms with Crippen LogP contribution in [0.5, 0.6) is 0 Å². The minimum atomic E-state index is -0.449. The van der Waals surface area contributed by atoms with Gasteiger partial charge in [0.1, 0.15) is 0 Å². The molecule has 3 N–H and O–H groups in total. The lowest BCUT2D eigenvalue weighted by atomic mass is 10.1. The number of carbonyl (C=O) groups is 3. The summed E-state index contributed by atoms with van der Waals surface area (Å²) < 4.78 is 0.860. The van der Waals surface area contributed by atoms with E-state index in [1.165, 1.54) is 0 Å². The minimum Gasteiger partial charge on any atom is -0.326 e. The molecule has 0 saturated carbocycles. The van der Waals surface area contributed by atoms with Crippen molar-refractivity contribution in [1.82, 2.24) is 10.9 Å². The normalized spacial score (nSPS) is 10.3. The second-order valence-corrected chi connectivity index (χ2v) is 7.05. The zero-order valence-electron chi connectivity index (χ0n) is 14.5. The molecule has 0 aliphatic carbocycles. The van der Waals surface area contributed by atoms with Crippen molar-refractivity contribution in [2.75, 3.05) is 5.32 Å². The largest absolute Gasteiger partial charge is 0.326 e. The molecule has 0 radical (unpaired) electrons. The summed E-state index contributed by atoms with van der Waals surface area (Å²) in [6, 6.07) is 13.2. The second-order valence-electron chi connectivity index (χ2n) is 6.14. The lowest BCUT2D eigenvalue weighted by molar-refractivity contribution is -0.116. The van der Waals surface area contributed by atoms with Crippen molar-refractivity contribution in [2.45, 2.75) is 20.3 Å². The minimum absolute atomic E-state index is 0.0704. The predicted octanol–water partition coefficient (Wildman–Crippen LogP) is 3.51. The van der Waals surface area contributed by atoms with Crippen LogP contribution in [-0.4, -0.2) is 17.7 Å². The molecule has 0 heterocycles. The third kappa shape index (κ3) is 6.00. The molecule has 7 heteroatoms. The van der Waals surface area contributed by atoms with Crippen LogP contribution in [0.2, 0.25) is 0 Å². The molecular weight excluding hydrogens is 398 g/mol. The van der Waals surface area contributed by atoms with Gasteiger partial charge in [-0.2, -0.15) is 0 Å². The van der Waals surface area contributed by atoms with Gasteiger partial charge in [0.25, 0.3) is 11.8 Å². The van der Waals surface area contributed by atoms with Crippen LogP contribution in [0.3, 0.4) is 0 Å². The maximum absolute atomic E-state index is 12.1. The summed E-state index contributed by atoms with van der Waals surface area (Å²) in [6.07, 6.45) is 0.435. The van der Waals surface area contributed by atoms with Crippen molar-refractivity contribution in [2.24, 2.45) is 5.92 Å². The van der Waals surface area contributed by atoms with E-state index in [0.717, 1.165) is 4.47 Å². The standard InChI is InChI=1S/C19H20BrN3O3/c1-12(2)11-17(24)21-16-9-5-14(6-10-16)19(26)23-22-18(25)13-3-7-15(20)8-4-13/h3-10,12H,11H2,1-2H3,(H,21,24)(H,22,25)(H,23,26). The summed E-state index contributed by atoms with van der Waals surface area (Å²) in [7, 11) is 0. The Bertz CT molecular complexity index is 787. The first-order valence-electron chi connectivity index (χ1n) is 8.11. The lowest BCUT2D eigenvalue weighted by Crippen LogP contribution is -2.41. The van der Waals surface area contributed by atoms with Crippen LogP contribution in [0.1, 0.15) is 41.0 Å². The molecule has 26 heavy (non-hydrogen) atoms. The topological polar surface area (TPSA) is 87.3 Å². The molecule has 0 aliphatic rings. The number of benzene rings is 2. The fraction of sp³-hybridized carbons (Fsp3) is 0.211. The molecule has 2 aromatic rings. The van der Waals surface area contributed by atoms with Crippen molar-refractivity contribution >= 4 is 39.3 Å². The molecule has 0 aromatic heterocycles. The molecule has 136 valence electrons. The van der Waals surface area contributed by atoms with E-state index in [4.69, 9.17) is 0 Å². The van der Waals surface area contributed by atoms with E-state index < -0.39 is 11.8 Å². The van der Waals surface area contributed by atoms with E-state index in [0.29, 0.717) is 23.2 Å². The van der Waals surface area contributed by atoms with Crippen LogP contribution < -0.4 is 16.2 Å². The first kappa shape index (κ1) is 19.7. The van der Waals surface area contributed by atoms with E-state index in [9.17, 15) is 14.4 Å². The molecule has 0 saturated heterocycles. The van der Waals surface area contributed by atoms with Gasteiger partial charge in [-0.1, -0.05) is 29.8 Å². The van der Waals surface area contributed by atoms with E-state index in [1.807, 2.05) is 13.8 Å². The molecule has 0 unspecified atom stereocenters. The highest BCUT2D eigenvalue weighted by Gasteiger charge is 2.10. The molecule has 3 amide bonds. The van der Waals surface area contributed by atoms with Crippen LogP contribution in [0.25, 0.3) is 0 Å². The van der Waals surface area contributed by atoms with Crippen LogP contribution >= 0.6 is 15.9 Å². The number of rotatable bonds is 5. The second kappa shape index (κ2) is 9.15. The summed E-state index contributed by atoms with van der Waals surface area (Å²) in [6.45, 7) is 3.94. The Morgan fingerprint density at radius 1 is 0.846 bits per heavy atom. The van der Waals surface area contributed by atoms with Crippen molar-refractivity contribution in [3.8, 4) is 0 Å². The summed E-state index contributed by atoms with van der Waals surface area (Å²) in [5.41, 5.74) is 6.13. The Morgan fingerprint density at radius 2 is 1.31 bits per heavy atom. The van der Waals surface area contributed by atoms with Crippen molar-refractivity contribution < 1.29 is 14.4 Å². The highest BCUT2D eigenvalue weighted by atomic mass is 79.9. The van der Waals surface area contributed by atoms with Crippen LogP contribution in [0.4, 0.5) is 5.69 Å². The summed E-state index contributed by atoms with van der Waals surface area (Å²) in [5.74, 6) is -0.660. The maximum atomic E-state index is 12.1. The van der Waals surface area contributed by atoms with Crippen LogP contribution in [0, 0.1) is 5.92 Å². The van der Waals surface area contributed by atoms with E-state index in [2.05, 4.69) is 32.1 Å². The van der Waals surface area contributed by atoms with Gasteiger partial charge in [0.15, 0.2) is 0 Å². The zero-order valence-corrected chi connectivity index (χ0v) is 16.1. The smallest absolute Gasteiger partial charge is 0.269 e. The average molecular weight is 418 g/mol. The van der Waals surface area contributed by atoms with Gasteiger partial charge in [0, 0.05) is 27.7 Å². The first-order valence-corrected chi connectivity index (χ1v) is 8.90. The van der Waals surface area contributed by atoms with Gasteiger partial charge in [0.2, 0.25) is 5.91 Å². The number of amides is 3. The van der Waals surface area contributed by atoms with E-state index in [-0.39, 0.29) is 11.8 Å². The molecule has 0 atom stereocenters. The summed E-state index contributed by atoms with van der Waals surface area (Å²) in [5, 5.41) is 2.77. The Kier molecular flexibility index (Phi) is 6.91. The molecule has 6 nitrogen and oxygen atoms in total. The molecule has 0 bridgehead atoms. The van der Waals surface area contributed by atoms with Gasteiger partial charge in [-0.25, -0.2) is 0 Å². The van der Waals surface area contributed by atoms with Crippen molar-refractivity contribution in [3.63, 3.8) is 0 Å². The molecule has 0 fully saturated rings. The number of hydrogen-bond donors (Lipinski definition) is 3. The maximum Gasteiger partial charge on any atom is 0.269 e. The molecule has 0 spiro atoms. The quantitative estimate of drug-likeness (QED) is 0.650. The number of carbonyl (C=O) groups excluding carboxylic acids is 3. The highest BCUT2D eigenvalue weighted by molar-refractivity contribution is 9.10. The van der Waals surface area contributed by atoms with Crippen molar-refractivity contribution in [3.05, 3.63) is 64.1 Å². The third-order valence-electron chi connectivity index (χ3n) is 3.42. The number of nitrogens with one attached hydrogen (secondary N) is 3. The molecule has 2 aromatic carbocycles. The number of anilines is 1. The Hall–Kier alpha value is -2.67. The average Bonchev–Trinajstić information content (AvgIpc) is 2.60. The number of hydrogen-bond acceptors (Lipinski definition) is 3. The van der Waals surface area contributed by atoms with Gasteiger partial charge in [-0.3, -0.25) is 25.2 Å². The van der Waals surface area contributed by atoms with Crippen LogP contribution in [-0.2, 0) is 4.79 Å². The Labute approximate surface area is 160 Å². The van der Waals surface area contributed by atoms with Gasteiger partial charge in [-0.05, 0) is 54.4 Å². The molecule has 2 rings (SSSR count). The predicted molar refractivity (Wildman–Crippen MR) is 104 cm³/mol. The SMILES string of the molecule is CC(C)CC(=O)Nc1ccc(C(=O)NNC(=O)c2ccc(Br)cc2)cc1. The Morgan fingerprint density at radius 3 is 1.77 bits per heavy atom. The first-order chi connectivity index (χ1) is 12.3. The fourth-order valence-electron chi connectivity index (χ4n) is 2.15. The summed E-state index contributed by atoms with van der Waals surface area (Å²) >= 11 is 3.29. The highest BCUT2D eigenvalue weighted by Crippen LogP contribution is 2.12.